The number of carbonyl (C=O) groups is 3. The van der Waals surface area contributed by atoms with Crippen LogP contribution in [0.15, 0.2) is 84.8 Å². The van der Waals surface area contributed by atoms with Gasteiger partial charge in [0.1, 0.15) is 11.4 Å². The Labute approximate surface area is 296 Å². The first-order valence-electron chi connectivity index (χ1n) is 15.9. The fourth-order valence-electron chi connectivity index (χ4n) is 5.65. The predicted octanol–water partition coefficient (Wildman–Crippen LogP) is 8.27. The fourth-order valence-corrected chi connectivity index (χ4v) is 6.14. The first-order chi connectivity index (χ1) is 22.8. The molecule has 0 radical (unpaired) electrons. The maximum absolute atomic E-state index is 13.7. The molecule has 2 amide bonds. The number of amides is 2. The number of methoxy groups -OCH3 is 1. The third kappa shape index (κ3) is 8.33. The molecule has 250 valence electrons. The van der Waals surface area contributed by atoms with Gasteiger partial charge in [-0.2, -0.15) is 0 Å². The predicted molar refractivity (Wildman–Crippen MR) is 194 cm³/mol. The molecule has 0 aliphatic carbocycles. The highest BCUT2D eigenvalue weighted by molar-refractivity contribution is 14.1. The van der Waals surface area contributed by atoms with Crippen LogP contribution in [0.25, 0.3) is 11.8 Å². The van der Waals surface area contributed by atoms with Crippen molar-refractivity contribution in [2.45, 2.75) is 65.6 Å². The van der Waals surface area contributed by atoms with Crippen molar-refractivity contribution in [3.63, 3.8) is 0 Å². The zero-order valence-corrected chi connectivity index (χ0v) is 30.4. The van der Waals surface area contributed by atoms with Crippen LogP contribution in [0.1, 0.15) is 84.9 Å². The number of hydrogen-bond donors (Lipinski definition) is 0. The number of imidazole rings is 1. The van der Waals surface area contributed by atoms with E-state index in [1.165, 1.54) is 3.11 Å². The van der Waals surface area contributed by atoms with E-state index in [0.29, 0.717) is 36.4 Å². The van der Waals surface area contributed by atoms with Crippen molar-refractivity contribution in [3.05, 3.63) is 118 Å². The van der Waals surface area contributed by atoms with E-state index in [0.717, 1.165) is 40.1 Å². The second kappa shape index (κ2) is 14.8. The van der Waals surface area contributed by atoms with Crippen LogP contribution in [0.4, 0.5) is 4.79 Å². The molecule has 1 fully saturated rings. The molecule has 1 aliphatic rings. The number of ketones is 1. The molecule has 9 nitrogen and oxygen atoms in total. The summed E-state index contributed by atoms with van der Waals surface area (Å²) in [6, 6.07) is 20.5. The molecule has 48 heavy (non-hydrogen) atoms. The standard InChI is InChI=1S/C38H41IN4O5/c1-25-22-41(24-40-25)33-18-11-28(21-34(33)47-6)20-32-8-7-19-42(36(32)45)26(2)29-14-16-31(17-15-29)35(44)30-12-9-27(10-13-30)23-43(39)37(46)48-38(3,4)5/h9-18,20-22,24,26H,7-8,19,23H2,1-6H3/b32-20+. The third-order valence-electron chi connectivity index (χ3n) is 8.17. The number of halogens is 1. The number of nitrogens with zero attached hydrogens (tertiary/aromatic N) is 4. The van der Waals surface area contributed by atoms with Gasteiger partial charge in [-0.15, -0.1) is 0 Å². The Balaban J connectivity index is 1.23. The summed E-state index contributed by atoms with van der Waals surface area (Å²) < 4.78 is 14.5. The molecule has 2 heterocycles. The lowest BCUT2D eigenvalue weighted by Crippen LogP contribution is -2.38. The van der Waals surface area contributed by atoms with Crippen molar-refractivity contribution in [1.82, 2.24) is 17.6 Å². The second-order valence-electron chi connectivity index (χ2n) is 12.9. The van der Waals surface area contributed by atoms with Crippen LogP contribution >= 0.6 is 22.9 Å². The molecular weight excluding hydrogens is 719 g/mol. The highest BCUT2D eigenvalue weighted by Gasteiger charge is 2.28. The number of benzene rings is 3. The monoisotopic (exact) mass is 760 g/mol. The topological polar surface area (TPSA) is 94.0 Å². The molecule has 4 aromatic rings. The average Bonchev–Trinajstić information content (AvgIpc) is 3.50. The van der Waals surface area contributed by atoms with Crippen LogP contribution in [0, 0.1) is 6.92 Å². The van der Waals surface area contributed by atoms with Gasteiger partial charge in [0.2, 0.25) is 5.91 Å². The van der Waals surface area contributed by atoms with Gasteiger partial charge in [-0.1, -0.05) is 54.6 Å². The number of piperidine rings is 1. The van der Waals surface area contributed by atoms with Gasteiger partial charge in [0.25, 0.3) is 0 Å². The third-order valence-corrected chi connectivity index (χ3v) is 8.90. The summed E-state index contributed by atoms with van der Waals surface area (Å²) in [6.45, 7) is 10.5. The minimum Gasteiger partial charge on any atom is -0.495 e. The van der Waals surface area contributed by atoms with Gasteiger partial charge in [0.15, 0.2) is 5.78 Å². The molecule has 1 aliphatic heterocycles. The van der Waals surface area contributed by atoms with E-state index in [9.17, 15) is 14.4 Å². The SMILES string of the molecule is COc1cc(/C=C2\CCCN(C(C)c3ccc(C(=O)c4ccc(CN(I)C(=O)OC(C)(C)C)cc4)cc3)C2=O)ccc1-n1cnc(C)c1. The Morgan fingerprint density at radius 3 is 2.31 bits per heavy atom. The Morgan fingerprint density at radius 1 is 1.04 bits per heavy atom. The van der Waals surface area contributed by atoms with Crippen molar-refractivity contribution >= 4 is 46.7 Å². The summed E-state index contributed by atoms with van der Waals surface area (Å²) in [4.78, 5) is 45.5. The van der Waals surface area contributed by atoms with E-state index < -0.39 is 11.7 Å². The molecule has 0 N–H and O–H groups in total. The molecule has 0 bridgehead atoms. The first kappa shape index (κ1) is 34.9. The van der Waals surface area contributed by atoms with Gasteiger partial charge in [0, 0.05) is 29.4 Å². The van der Waals surface area contributed by atoms with Gasteiger partial charge in [-0.25, -0.2) is 12.9 Å². The summed E-state index contributed by atoms with van der Waals surface area (Å²) >= 11 is 1.94. The van der Waals surface area contributed by atoms with Gasteiger partial charge in [0.05, 0.1) is 60.3 Å². The number of likely N-dealkylation sites (tertiary alicyclic amines) is 1. The number of ether oxygens (including phenoxy) is 2. The molecule has 0 saturated carbocycles. The van der Waals surface area contributed by atoms with Crippen LogP contribution in [0.3, 0.4) is 0 Å². The van der Waals surface area contributed by atoms with Crippen LogP contribution in [0.2, 0.25) is 0 Å². The minimum atomic E-state index is -0.572. The van der Waals surface area contributed by atoms with Gasteiger partial charge >= 0.3 is 6.09 Å². The van der Waals surface area contributed by atoms with Crippen molar-refractivity contribution in [3.8, 4) is 11.4 Å². The Bertz CT molecular complexity index is 1820. The lowest BCUT2D eigenvalue weighted by atomic mass is 9.96. The highest BCUT2D eigenvalue weighted by Crippen LogP contribution is 2.31. The van der Waals surface area contributed by atoms with Crippen LogP contribution in [0.5, 0.6) is 5.75 Å². The molecule has 5 rings (SSSR count). The lowest BCUT2D eigenvalue weighted by molar-refractivity contribution is -0.130. The summed E-state index contributed by atoms with van der Waals surface area (Å²) in [5, 5.41) is 0. The lowest BCUT2D eigenvalue weighted by Gasteiger charge is -2.34. The summed E-state index contributed by atoms with van der Waals surface area (Å²) in [5.41, 5.74) is 5.85. The van der Waals surface area contributed by atoms with E-state index in [1.807, 2.05) is 134 Å². The summed E-state index contributed by atoms with van der Waals surface area (Å²) in [7, 11) is 1.64. The maximum Gasteiger partial charge on any atom is 0.419 e. The number of rotatable bonds is 9. The Morgan fingerprint density at radius 2 is 1.71 bits per heavy atom. The van der Waals surface area contributed by atoms with E-state index in [4.69, 9.17) is 9.47 Å². The van der Waals surface area contributed by atoms with Crippen LogP contribution in [-0.2, 0) is 16.1 Å². The second-order valence-corrected chi connectivity index (χ2v) is 14.1. The molecule has 1 aromatic heterocycles. The van der Waals surface area contributed by atoms with E-state index in [-0.39, 0.29) is 17.7 Å². The van der Waals surface area contributed by atoms with Crippen molar-refractivity contribution in [2.75, 3.05) is 13.7 Å². The minimum absolute atomic E-state index is 0.0130. The van der Waals surface area contributed by atoms with E-state index in [2.05, 4.69) is 4.98 Å². The first-order valence-corrected chi connectivity index (χ1v) is 16.9. The molecule has 1 atom stereocenters. The Kier molecular flexibility index (Phi) is 10.7. The number of carbonyl (C=O) groups excluding carboxylic acids is 3. The van der Waals surface area contributed by atoms with Crippen molar-refractivity contribution in [2.24, 2.45) is 0 Å². The Hall–Kier alpha value is -4.45. The highest BCUT2D eigenvalue weighted by atomic mass is 127. The van der Waals surface area contributed by atoms with Gasteiger partial charge < -0.3 is 18.9 Å². The molecule has 10 heteroatoms. The van der Waals surface area contributed by atoms with Crippen LogP contribution < -0.4 is 4.74 Å². The number of aryl methyl sites for hydroxylation is 1. The molecule has 1 unspecified atom stereocenters. The smallest absolute Gasteiger partial charge is 0.419 e. The summed E-state index contributed by atoms with van der Waals surface area (Å²) in [6.07, 6.45) is 6.81. The number of hydrogen-bond acceptors (Lipinski definition) is 6. The van der Waals surface area contributed by atoms with E-state index in [1.54, 1.807) is 25.6 Å². The largest absolute Gasteiger partial charge is 0.495 e. The molecule has 0 spiro atoms. The van der Waals surface area contributed by atoms with Crippen LogP contribution in [-0.4, -0.2) is 54.6 Å². The zero-order chi connectivity index (χ0) is 34.6. The normalized spacial score (nSPS) is 14.9. The average molecular weight is 761 g/mol. The zero-order valence-electron chi connectivity index (χ0n) is 28.2. The quantitative estimate of drug-likeness (QED) is 0.0739. The summed E-state index contributed by atoms with van der Waals surface area (Å²) in [5.74, 6) is 0.619. The maximum atomic E-state index is 13.7. The molecular formula is C38H41IN4O5. The van der Waals surface area contributed by atoms with E-state index >= 15 is 0 Å². The van der Waals surface area contributed by atoms with Gasteiger partial charge in [-0.05, 0) is 82.4 Å². The fraction of sp³-hybridized carbons (Fsp3) is 0.316. The van der Waals surface area contributed by atoms with Crippen molar-refractivity contribution < 1.29 is 23.9 Å². The number of aromatic nitrogens is 2. The van der Waals surface area contributed by atoms with Crippen molar-refractivity contribution in [1.29, 1.82) is 0 Å². The molecule has 3 aromatic carbocycles. The molecule has 1 saturated heterocycles. The van der Waals surface area contributed by atoms with Gasteiger partial charge in [-0.3, -0.25) is 9.59 Å².